The second-order valence-corrected chi connectivity index (χ2v) is 13.3. The fourth-order valence-corrected chi connectivity index (χ4v) is 6.91. The Hall–Kier alpha value is -4.37. The van der Waals surface area contributed by atoms with Crippen LogP contribution >= 0.6 is 11.6 Å². The van der Waals surface area contributed by atoms with E-state index in [9.17, 15) is 37.4 Å². The molecule has 0 saturated carbocycles. The van der Waals surface area contributed by atoms with Gasteiger partial charge in [-0.25, -0.2) is 13.2 Å². The van der Waals surface area contributed by atoms with Gasteiger partial charge in [0.25, 0.3) is 5.56 Å². The lowest BCUT2D eigenvalue weighted by molar-refractivity contribution is -0.138. The molecule has 0 aliphatic carbocycles. The molecule has 0 unspecified atom stereocenters. The molecule has 3 aromatic carbocycles. The topological polar surface area (TPSA) is 104 Å². The first-order chi connectivity index (χ1) is 24.0. The number of carbonyl (C=O) groups is 1. The molecule has 2 aliphatic heterocycles. The molecule has 2 aliphatic rings. The summed E-state index contributed by atoms with van der Waals surface area (Å²) in [7, 11) is 0. The van der Waals surface area contributed by atoms with Gasteiger partial charge in [-0.1, -0.05) is 11.6 Å². The Balaban J connectivity index is 1.59. The predicted molar refractivity (Wildman–Crippen MR) is 175 cm³/mol. The van der Waals surface area contributed by atoms with Gasteiger partial charge in [-0.15, -0.1) is 0 Å². The summed E-state index contributed by atoms with van der Waals surface area (Å²) in [6.45, 7) is 3.22. The zero-order valence-electron chi connectivity index (χ0n) is 27.2. The molecular weight excluding hydrogens is 704 g/mol. The lowest BCUT2D eigenvalue weighted by Crippen LogP contribution is -2.49. The summed E-state index contributed by atoms with van der Waals surface area (Å²) in [5.41, 5.74) is -2.14. The molecule has 6 rings (SSSR count). The van der Waals surface area contributed by atoms with Gasteiger partial charge in [-0.3, -0.25) is 19.1 Å². The summed E-state index contributed by atoms with van der Waals surface area (Å²) in [6.07, 6.45) is -8.33. The van der Waals surface area contributed by atoms with Gasteiger partial charge >= 0.3 is 6.18 Å². The molecule has 3 heterocycles. The van der Waals surface area contributed by atoms with Crippen molar-refractivity contribution in [2.24, 2.45) is 0 Å². The molecule has 15 heteroatoms. The molecule has 1 saturated heterocycles. The minimum atomic E-state index is -4.98. The van der Waals surface area contributed by atoms with E-state index in [4.69, 9.17) is 16.3 Å². The minimum absolute atomic E-state index is 0.00305. The number of nitrogens with one attached hydrogen (secondary N) is 1. The Kier molecular flexibility index (Phi) is 9.98. The third-order valence-corrected chi connectivity index (χ3v) is 9.29. The minimum Gasteiger partial charge on any atom is -0.457 e. The fraction of sp³-hybridized carbons (Fsp3) is 0.333. The highest BCUT2D eigenvalue weighted by atomic mass is 35.5. The highest BCUT2D eigenvalue weighted by molar-refractivity contribution is 6.31. The number of likely N-dealkylation sites (tertiary alicyclic amines) is 1. The lowest BCUT2D eigenvalue weighted by Gasteiger charge is -2.34. The summed E-state index contributed by atoms with van der Waals surface area (Å²) >= 11 is 6.38. The molecule has 270 valence electrons. The van der Waals surface area contributed by atoms with E-state index in [1.54, 1.807) is 17.9 Å². The van der Waals surface area contributed by atoms with Gasteiger partial charge in [-0.05, 0) is 78.9 Å². The van der Waals surface area contributed by atoms with Crippen LogP contribution in [0.5, 0.6) is 11.5 Å². The van der Waals surface area contributed by atoms with Crippen LogP contribution in [0.3, 0.4) is 0 Å². The number of aryl methyl sites for hydroxylation is 2. The normalized spacial score (nSPS) is 18.2. The number of alkyl halides is 4. The van der Waals surface area contributed by atoms with Crippen LogP contribution in [0.2, 0.25) is 5.02 Å². The Labute approximate surface area is 292 Å². The number of carbonyl (C=O) groups excluding carboxylic acids is 1. The van der Waals surface area contributed by atoms with E-state index in [1.165, 1.54) is 31.2 Å². The zero-order valence-corrected chi connectivity index (χ0v) is 28.0. The first kappa shape index (κ1) is 36.4. The second-order valence-electron chi connectivity index (χ2n) is 12.8. The molecule has 0 radical (unpaired) electrons. The molecule has 4 aromatic rings. The van der Waals surface area contributed by atoms with Gasteiger partial charge in [0.2, 0.25) is 5.91 Å². The number of fused-ring (bicyclic) bond motifs is 6. The van der Waals surface area contributed by atoms with E-state index in [0.29, 0.717) is 27.3 Å². The monoisotopic (exact) mass is 735 g/mol. The Morgan fingerprint density at radius 2 is 1.73 bits per heavy atom. The van der Waals surface area contributed by atoms with Crippen LogP contribution in [-0.4, -0.2) is 57.7 Å². The summed E-state index contributed by atoms with van der Waals surface area (Å²) < 4.78 is 94.6. The molecule has 3 N–H and O–H groups in total. The summed E-state index contributed by atoms with van der Waals surface area (Å²) in [5, 5.41) is 22.8. The molecule has 1 fully saturated rings. The average molecular weight is 736 g/mol. The Morgan fingerprint density at radius 1 is 1.00 bits per heavy atom. The number of amides is 1. The summed E-state index contributed by atoms with van der Waals surface area (Å²) in [6, 6.07) is 6.11. The molecule has 2 atom stereocenters. The number of nitrogens with zero attached hydrogens (tertiary/aromatic N) is 2. The van der Waals surface area contributed by atoms with Gasteiger partial charge in [0.15, 0.2) is 6.29 Å². The number of benzene rings is 3. The maximum atomic E-state index is 15.9. The molecule has 1 amide bonds. The number of ether oxygens (including phenoxy) is 1. The summed E-state index contributed by atoms with van der Waals surface area (Å²) in [5.74, 6) is -2.91. The number of aromatic nitrogens is 1. The molecular formula is C36H32ClF6N3O5. The Morgan fingerprint density at radius 3 is 2.39 bits per heavy atom. The zero-order chi connectivity index (χ0) is 36.9. The van der Waals surface area contributed by atoms with E-state index in [0.717, 1.165) is 18.3 Å². The van der Waals surface area contributed by atoms with Gasteiger partial charge in [0.05, 0.1) is 11.6 Å². The molecule has 4 bridgehead atoms. The number of aliphatic hydroxyl groups excluding tert-OH is 1. The van der Waals surface area contributed by atoms with Crippen LogP contribution in [0.25, 0.3) is 11.1 Å². The maximum absolute atomic E-state index is 15.9. The smallest absolute Gasteiger partial charge is 0.416 e. The maximum Gasteiger partial charge on any atom is 0.416 e. The quantitative estimate of drug-likeness (QED) is 0.154. The van der Waals surface area contributed by atoms with Crippen molar-refractivity contribution in [1.82, 2.24) is 14.8 Å². The number of hydrogen-bond acceptors (Lipinski definition) is 6. The SMILES string of the molecule is Cc1cc2cc(c1F)[C@H](CC(O)O)NC(=O)[C@@H](n1cc(CCN3CC(F)C3)c(C(F)(F)F)cc1=O)c1cc(ccc1F)Oc1cc(Cl)cc(C)c1-2. The summed E-state index contributed by atoms with van der Waals surface area (Å²) in [4.78, 5) is 29.4. The van der Waals surface area contributed by atoms with E-state index in [-0.39, 0.29) is 53.7 Å². The number of halogens is 7. The highest BCUT2D eigenvalue weighted by Crippen LogP contribution is 2.42. The largest absolute Gasteiger partial charge is 0.457 e. The number of rotatable bonds is 6. The van der Waals surface area contributed by atoms with Crippen molar-refractivity contribution in [3.63, 3.8) is 0 Å². The number of hydrogen-bond donors (Lipinski definition) is 3. The van der Waals surface area contributed by atoms with Crippen molar-refractivity contribution in [3.05, 3.63) is 115 Å². The average Bonchev–Trinajstić information content (AvgIpc) is 3.01. The van der Waals surface area contributed by atoms with Crippen LogP contribution in [0.15, 0.2) is 59.5 Å². The van der Waals surface area contributed by atoms with Crippen LogP contribution in [-0.2, 0) is 17.4 Å². The van der Waals surface area contributed by atoms with Crippen molar-refractivity contribution >= 4 is 17.5 Å². The van der Waals surface area contributed by atoms with Crippen molar-refractivity contribution in [1.29, 1.82) is 0 Å². The van der Waals surface area contributed by atoms with E-state index >= 15 is 8.78 Å². The van der Waals surface area contributed by atoms with Gasteiger partial charge in [0, 0.05) is 66.1 Å². The third kappa shape index (κ3) is 7.50. The fourth-order valence-electron chi connectivity index (χ4n) is 6.65. The number of aliphatic hydroxyl groups is 2. The van der Waals surface area contributed by atoms with E-state index in [1.807, 2.05) is 0 Å². The van der Waals surface area contributed by atoms with Crippen molar-refractivity contribution in [3.8, 4) is 22.6 Å². The van der Waals surface area contributed by atoms with E-state index in [2.05, 4.69) is 5.32 Å². The molecule has 8 nitrogen and oxygen atoms in total. The van der Waals surface area contributed by atoms with Crippen molar-refractivity contribution in [2.75, 3.05) is 19.6 Å². The predicted octanol–water partition coefficient (Wildman–Crippen LogP) is 6.53. The second kappa shape index (κ2) is 14.0. The van der Waals surface area contributed by atoms with Gasteiger partial charge < -0.3 is 20.3 Å². The Bertz CT molecular complexity index is 2060. The van der Waals surface area contributed by atoms with Gasteiger partial charge in [0.1, 0.15) is 35.3 Å². The number of pyridine rings is 1. The van der Waals surface area contributed by atoms with Gasteiger partial charge in [-0.2, -0.15) is 13.2 Å². The molecule has 1 aromatic heterocycles. The standard InChI is InChI=1S/C36H32ClF6N3O5/c1-17-8-21(37)10-29-32(17)20-7-18(2)33(40)25(9-20)28(13-31(48)49)44-35(50)34(24-11-23(51-29)3-4-27(24)39)46-14-19(5-6-45-15-22(38)16-45)26(12-30(46)47)36(41,42)43/h3-4,7-12,14,22,28,31,34,48-49H,5-6,13,15-16H2,1-2H3,(H,44,50)/t28-,34-/m0/s1. The third-order valence-electron chi connectivity index (χ3n) is 9.07. The lowest BCUT2D eigenvalue weighted by atomic mass is 9.92. The van der Waals surface area contributed by atoms with Crippen LogP contribution in [0.4, 0.5) is 26.3 Å². The van der Waals surface area contributed by atoms with E-state index < -0.39 is 76.9 Å². The first-order valence-corrected chi connectivity index (χ1v) is 16.3. The molecule has 0 spiro atoms. The molecule has 51 heavy (non-hydrogen) atoms. The van der Waals surface area contributed by atoms with Crippen molar-refractivity contribution in [2.45, 2.75) is 57.4 Å². The van der Waals surface area contributed by atoms with Crippen LogP contribution in [0.1, 0.15) is 51.9 Å². The highest BCUT2D eigenvalue weighted by Gasteiger charge is 2.38. The van der Waals surface area contributed by atoms with Crippen molar-refractivity contribution < 1.29 is 46.1 Å². The first-order valence-electron chi connectivity index (χ1n) is 15.9. The van der Waals surface area contributed by atoms with Crippen LogP contribution < -0.4 is 15.6 Å². The van der Waals surface area contributed by atoms with Crippen LogP contribution in [0, 0.1) is 25.5 Å².